The number of rotatable bonds is 3. The maximum absolute atomic E-state index is 13.0. The minimum absolute atomic E-state index is 0.149. The Bertz CT molecular complexity index is 894. The van der Waals surface area contributed by atoms with E-state index >= 15 is 0 Å². The van der Waals surface area contributed by atoms with E-state index in [2.05, 4.69) is 28.4 Å². The van der Waals surface area contributed by atoms with Gasteiger partial charge in [-0.15, -0.1) is 0 Å². The van der Waals surface area contributed by atoms with Crippen molar-refractivity contribution in [2.75, 3.05) is 13.1 Å². The molecule has 3 aromatic rings. The lowest BCUT2D eigenvalue weighted by molar-refractivity contribution is 0.0662. The van der Waals surface area contributed by atoms with Gasteiger partial charge in [0, 0.05) is 54.2 Å². The van der Waals surface area contributed by atoms with Crippen LogP contribution < -0.4 is 0 Å². The van der Waals surface area contributed by atoms with Crippen molar-refractivity contribution in [3.8, 4) is 0 Å². The zero-order chi connectivity index (χ0) is 17.4. The summed E-state index contributed by atoms with van der Waals surface area (Å²) in [5, 5.41) is 1.15. The number of carbonyl (C=O) groups excluding carboxylic acids is 1. The van der Waals surface area contributed by atoms with Crippen LogP contribution in [0.25, 0.3) is 10.9 Å². The number of aryl methyl sites for hydroxylation is 2. The van der Waals surface area contributed by atoms with Crippen LogP contribution in [0.2, 0.25) is 0 Å². The third-order valence-corrected chi connectivity index (χ3v) is 5.39. The van der Waals surface area contributed by atoms with E-state index in [9.17, 15) is 4.79 Å². The molecule has 0 radical (unpaired) electrons. The molecule has 1 aliphatic rings. The molecule has 0 saturated carbocycles. The van der Waals surface area contributed by atoms with Gasteiger partial charge in [0.15, 0.2) is 0 Å². The molecule has 0 aliphatic carbocycles. The van der Waals surface area contributed by atoms with Gasteiger partial charge in [0.1, 0.15) is 0 Å². The van der Waals surface area contributed by atoms with E-state index < -0.39 is 0 Å². The van der Waals surface area contributed by atoms with Gasteiger partial charge in [0.05, 0.1) is 6.33 Å². The Balaban J connectivity index is 1.52. The van der Waals surface area contributed by atoms with E-state index in [1.807, 2.05) is 41.8 Å². The van der Waals surface area contributed by atoms with Crippen LogP contribution in [-0.4, -0.2) is 38.4 Å². The fourth-order valence-corrected chi connectivity index (χ4v) is 3.87. The van der Waals surface area contributed by atoms with Gasteiger partial charge >= 0.3 is 0 Å². The number of hydrogen-bond acceptors (Lipinski definition) is 2. The number of H-pyrrole nitrogens is 1. The molecule has 1 saturated heterocycles. The molecule has 25 heavy (non-hydrogen) atoms. The van der Waals surface area contributed by atoms with Crippen LogP contribution in [0.1, 0.15) is 34.5 Å². The molecule has 1 amide bonds. The van der Waals surface area contributed by atoms with Crippen molar-refractivity contribution >= 4 is 16.8 Å². The number of hydrogen-bond donors (Lipinski definition) is 1. The van der Waals surface area contributed by atoms with Gasteiger partial charge in [-0.3, -0.25) is 4.79 Å². The minimum Gasteiger partial charge on any atom is -0.358 e. The first-order valence-electron chi connectivity index (χ1n) is 8.96. The number of imidazole rings is 1. The Morgan fingerprint density at radius 2 is 2.24 bits per heavy atom. The van der Waals surface area contributed by atoms with E-state index in [1.165, 1.54) is 5.56 Å². The number of amides is 1. The van der Waals surface area contributed by atoms with Crippen LogP contribution in [-0.2, 0) is 6.54 Å². The Labute approximate surface area is 147 Å². The van der Waals surface area contributed by atoms with Gasteiger partial charge in [0.2, 0.25) is 0 Å². The quantitative estimate of drug-likeness (QED) is 0.795. The lowest BCUT2D eigenvalue weighted by atomic mass is 9.97. The third-order valence-electron chi connectivity index (χ3n) is 5.39. The molecular weight excluding hydrogens is 312 g/mol. The first-order valence-corrected chi connectivity index (χ1v) is 8.96. The second kappa shape index (κ2) is 6.39. The minimum atomic E-state index is 0.149. The van der Waals surface area contributed by atoms with Gasteiger partial charge in [-0.2, -0.15) is 0 Å². The summed E-state index contributed by atoms with van der Waals surface area (Å²) in [5.74, 6) is 0.641. The van der Waals surface area contributed by atoms with E-state index in [4.69, 9.17) is 0 Å². The largest absolute Gasteiger partial charge is 0.358 e. The summed E-state index contributed by atoms with van der Waals surface area (Å²) in [6, 6.07) is 6.00. The highest BCUT2D eigenvalue weighted by Gasteiger charge is 2.25. The highest BCUT2D eigenvalue weighted by molar-refractivity contribution is 5.99. The van der Waals surface area contributed by atoms with E-state index in [0.717, 1.165) is 54.6 Å². The number of aromatic amines is 1. The molecule has 0 spiro atoms. The predicted molar refractivity (Wildman–Crippen MR) is 98.6 cm³/mol. The van der Waals surface area contributed by atoms with Crippen LogP contribution in [0.4, 0.5) is 0 Å². The van der Waals surface area contributed by atoms with Crippen LogP contribution in [0, 0.1) is 19.8 Å². The van der Waals surface area contributed by atoms with Crippen LogP contribution in [0.3, 0.4) is 0 Å². The lowest BCUT2D eigenvalue weighted by Crippen LogP contribution is -2.41. The summed E-state index contributed by atoms with van der Waals surface area (Å²) in [6.07, 6.45) is 7.88. The van der Waals surface area contributed by atoms with Gasteiger partial charge in [-0.05, 0) is 56.4 Å². The van der Waals surface area contributed by atoms with Gasteiger partial charge in [-0.25, -0.2) is 4.98 Å². The van der Waals surface area contributed by atoms with Crippen LogP contribution in [0.15, 0.2) is 36.9 Å². The summed E-state index contributed by atoms with van der Waals surface area (Å²) in [4.78, 5) is 22.5. The van der Waals surface area contributed by atoms with Crippen LogP contribution >= 0.6 is 0 Å². The number of benzene rings is 1. The van der Waals surface area contributed by atoms with E-state index in [1.54, 1.807) is 0 Å². The molecule has 2 aromatic heterocycles. The number of nitrogens with zero attached hydrogens (tertiary/aromatic N) is 3. The topological polar surface area (TPSA) is 53.9 Å². The fourth-order valence-electron chi connectivity index (χ4n) is 3.87. The number of piperidine rings is 1. The summed E-state index contributed by atoms with van der Waals surface area (Å²) < 4.78 is 2.11. The molecule has 1 atom stereocenters. The van der Waals surface area contributed by atoms with Crippen molar-refractivity contribution in [1.29, 1.82) is 0 Å². The van der Waals surface area contributed by atoms with Crippen molar-refractivity contribution in [2.24, 2.45) is 5.92 Å². The average Bonchev–Trinajstić information content (AvgIpc) is 3.23. The monoisotopic (exact) mass is 336 g/mol. The first kappa shape index (κ1) is 15.9. The third kappa shape index (κ3) is 3.06. The molecule has 1 N–H and O–H groups in total. The van der Waals surface area contributed by atoms with Gasteiger partial charge in [0.25, 0.3) is 5.91 Å². The molecule has 1 fully saturated rings. The zero-order valence-electron chi connectivity index (χ0n) is 14.8. The molecule has 0 bridgehead atoms. The molecule has 5 nitrogen and oxygen atoms in total. The summed E-state index contributed by atoms with van der Waals surface area (Å²) in [7, 11) is 0. The highest BCUT2D eigenvalue weighted by atomic mass is 16.2. The fraction of sp³-hybridized carbons (Fsp3) is 0.400. The van der Waals surface area contributed by atoms with Crippen molar-refractivity contribution in [3.05, 3.63) is 53.7 Å². The number of aromatic nitrogens is 3. The number of carbonyl (C=O) groups is 1. The first-order chi connectivity index (χ1) is 12.1. The predicted octanol–water partition coefficient (Wildman–Crippen LogP) is 3.53. The van der Waals surface area contributed by atoms with Crippen molar-refractivity contribution < 1.29 is 4.79 Å². The molecule has 4 rings (SSSR count). The smallest absolute Gasteiger partial charge is 0.253 e. The van der Waals surface area contributed by atoms with Crippen molar-refractivity contribution in [3.63, 3.8) is 0 Å². The SMILES string of the molecule is Cc1[nH]c2ccc(C(=O)N3CCCC(Cn4ccnc4)C3)cc2c1C. The molecular formula is C20H24N4O. The summed E-state index contributed by atoms with van der Waals surface area (Å²) in [6.45, 7) is 6.77. The van der Waals surface area contributed by atoms with Crippen LogP contribution in [0.5, 0.6) is 0 Å². The number of nitrogens with one attached hydrogen (secondary N) is 1. The summed E-state index contributed by atoms with van der Waals surface area (Å²) >= 11 is 0. The Hall–Kier alpha value is -2.56. The van der Waals surface area contributed by atoms with E-state index in [0.29, 0.717) is 5.92 Å². The Morgan fingerprint density at radius 3 is 3.04 bits per heavy atom. The second-order valence-corrected chi connectivity index (χ2v) is 7.15. The molecule has 1 unspecified atom stereocenters. The standard InChI is InChI=1S/C20H24N4O/c1-14-15(2)22-19-6-5-17(10-18(14)19)20(25)24-8-3-4-16(12-24)11-23-9-7-21-13-23/h5-7,9-10,13,16,22H,3-4,8,11-12H2,1-2H3. The van der Waals surface area contributed by atoms with Crippen molar-refractivity contribution in [1.82, 2.24) is 19.4 Å². The Morgan fingerprint density at radius 1 is 1.36 bits per heavy atom. The molecule has 130 valence electrons. The highest BCUT2D eigenvalue weighted by Crippen LogP contribution is 2.25. The second-order valence-electron chi connectivity index (χ2n) is 7.15. The van der Waals surface area contributed by atoms with Gasteiger partial charge in [-0.1, -0.05) is 0 Å². The maximum atomic E-state index is 13.0. The van der Waals surface area contributed by atoms with Crippen molar-refractivity contribution in [2.45, 2.75) is 33.2 Å². The normalized spacial score (nSPS) is 18.0. The number of fused-ring (bicyclic) bond motifs is 1. The summed E-state index contributed by atoms with van der Waals surface area (Å²) in [5.41, 5.74) is 4.28. The zero-order valence-corrected chi connectivity index (χ0v) is 14.8. The molecule has 3 heterocycles. The number of likely N-dealkylation sites (tertiary alicyclic amines) is 1. The van der Waals surface area contributed by atoms with E-state index in [-0.39, 0.29) is 5.91 Å². The Kier molecular flexibility index (Phi) is 4.07. The molecule has 1 aliphatic heterocycles. The molecule has 1 aromatic carbocycles. The van der Waals surface area contributed by atoms with Gasteiger partial charge < -0.3 is 14.5 Å². The molecule has 5 heteroatoms. The average molecular weight is 336 g/mol. The lowest BCUT2D eigenvalue weighted by Gasteiger charge is -2.33. The maximum Gasteiger partial charge on any atom is 0.253 e.